The first-order valence-corrected chi connectivity index (χ1v) is 7.04. The van der Waals surface area contributed by atoms with Gasteiger partial charge in [0.1, 0.15) is 6.29 Å². The minimum Gasteiger partial charge on any atom is -0.302 e. The van der Waals surface area contributed by atoms with Crippen LogP contribution in [0, 0.1) is 0 Å². The predicted molar refractivity (Wildman–Crippen MR) is 90.2 cm³/mol. The lowest BCUT2D eigenvalue weighted by Gasteiger charge is -2.16. The number of hydrogen-bond donors (Lipinski definition) is 0. The molecule has 0 fully saturated rings. The van der Waals surface area contributed by atoms with E-state index < -0.39 is 0 Å². The number of nitrogens with zero attached hydrogens (tertiary/aromatic N) is 1. The highest BCUT2D eigenvalue weighted by molar-refractivity contribution is 5.85. The van der Waals surface area contributed by atoms with Crippen molar-refractivity contribution in [3.63, 3.8) is 0 Å². The van der Waals surface area contributed by atoms with E-state index in [2.05, 4.69) is 42.3 Å². The molecule has 112 valence electrons. The van der Waals surface area contributed by atoms with Gasteiger partial charge in [0.2, 0.25) is 0 Å². The number of halogens is 1. The summed E-state index contributed by atoms with van der Waals surface area (Å²) in [6, 6.07) is 18.4. The second-order valence-electron chi connectivity index (χ2n) is 5.19. The summed E-state index contributed by atoms with van der Waals surface area (Å²) in [5.74, 6) is 0. The fraction of sp³-hybridized carbons (Fsp3) is 0.278. The van der Waals surface area contributed by atoms with Gasteiger partial charge in [-0.2, -0.15) is 0 Å². The Balaban J connectivity index is 0.00000220. The molecule has 2 aromatic rings. The molecule has 2 nitrogen and oxygen atoms in total. The highest BCUT2D eigenvalue weighted by atomic mass is 35.5. The van der Waals surface area contributed by atoms with E-state index >= 15 is 0 Å². The van der Waals surface area contributed by atoms with Gasteiger partial charge in [-0.15, -0.1) is 12.4 Å². The number of hydrogen-bond acceptors (Lipinski definition) is 2. The SMILES string of the molecule is CN(CCCc1cccc(C=O)c1)Cc1ccccc1.Cl. The summed E-state index contributed by atoms with van der Waals surface area (Å²) in [6.45, 7) is 2.04. The van der Waals surface area contributed by atoms with Gasteiger partial charge in [0.25, 0.3) is 0 Å². The van der Waals surface area contributed by atoms with E-state index in [4.69, 9.17) is 0 Å². The summed E-state index contributed by atoms with van der Waals surface area (Å²) >= 11 is 0. The molecule has 0 heterocycles. The van der Waals surface area contributed by atoms with Crippen molar-refractivity contribution in [3.8, 4) is 0 Å². The minimum absolute atomic E-state index is 0. The molecule has 0 radical (unpaired) electrons. The van der Waals surface area contributed by atoms with Gasteiger partial charge in [-0.25, -0.2) is 0 Å². The number of carbonyl (C=O) groups excluding carboxylic acids is 1. The maximum Gasteiger partial charge on any atom is 0.150 e. The van der Waals surface area contributed by atoms with Crippen LogP contribution in [0.3, 0.4) is 0 Å². The molecule has 0 N–H and O–H groups in total. The molecule has 3 heteroatoms. The first kappa shape index (κ1) is 17.4. The average Bonchev–Trinajstić information content (AvgIpc) is 2.48. The van der Waals surface area contributed by atoms with Gasteiger partial charge in [-0.3, -0.25) is 4.79 Å². The third-order valence-electron chi connectivity index (χ3n) is 3.39. The highest BCUT2D eigenvalue weighted by Gasteiger charge is 2.01. The lowest BCUT2D eigenvalue weighted by Crippen LogP contribution is -2.19. The Bertz CT molecular complexity index is 542. The van der Waals surface area contributed by atoms with Gasteiger partial charge in [0.05, 0.1) is 0 Å². The summed E-state index contributed by atoms with van der Waals surface area (Å²) in [5, 5.41) is 0. The van der Waals surface area contributed by atoms with Crippen molar-refractivity contribution >= 4 is 18.7 Å². The molecule has 0 saturated heterocycles. The largest absolute Gasteiger partial charge is 0.302 e. The Hall–Kier alpha value is -1.64. The summed E-state index contributed by atoms with van der Waals surface area (Å²) in [4.78, 5) is 13.1. The van der Waals surface area contributed by atoms with Gasteiger partial charge in [-0.1, -0.05) is 48.5 Å². The van der Waals surface area contributed by atoms with E-state index in [0.717, 1.165) is 37.8 Å². The Morgan fingerprint density at radius 3 is 2.43 bits per heavy atom. The number of rotatable bonds is 7. The van der Waals surface area contributed by atoms with Crippen LogP contribution in [0.1, 0.15) is 27.9 Å². The second-order valence-corrected chi connectivity index (χ2v) is 5.19. The van der Waals surface area contributed by atoms with Crippen LogP contribution < -0.4 is 0 Å². The van der Waals surface area contributed by atoms with E-state index in [1.54, 1.807) is 0 Å². The van der Waals surface area contributed by atoms with Crippen molar-refractivity contribution in [3.05, 3.63) is 71.3 Å². The molecule has 0 spiro atoms. The Kier molecular flexibility index (Phi) is 7.73. The van der Waals surface area contributed by atoms with Crippen LogP contribution in [0.15, 0.2) is 54.6 Å². The van der Waals surface area contributed by atoms with E-state index in [0.29, 0.717) is 0 Å². The zero-order valence-corrected chi connectivity index (χ0v) is 13.2. The van der Waals surface area contributed by atoms with Crippen LogP contribution in [0.2, 0.25) is 0 Å². The van der Waals surface area contributed by atoms with Gasteiger partial charge in [0.15, 0.2) is 0 Å². The third-order valence-corrected chi connectivity index (χ3v) is 3.39. The third kappa shape index (κ3) is 6.11. The second kappa shape index (κ2) is 9.32. The number of carbonyl (C=O) groups is 1. The number of aldehydes is 1. The molecule has 0 amide bonds. The molecule has 0 unspecified atom stereocenters. The standard InChI is InChI=1S/C18H21NO.ClH/c1-19(14-17-7-3-2-4-8-17)12-6-11-16-9-5-10-18(13-16)15-20;/h2-5,7-10,13,15H,6,11-12,14H2,1H3;1H. The molecule has 0 aliphatic heterocycles. The van der Waals surface area contributed by atoms with Crippen molar-refractivity contribution < 1.29 is 4.79 Å². The quantitative estimate of drug-likeness (QED) is 0.721. The van der Waals surface area contributed by atoms with Crippen molar-refractivity contribution in [2.45, 2.75) is 19.4 Å². The average molecular weight is 304 g/mol. The van der Waals surface area contributed by atoms with Crippen LogP contribution in [0.4, 0.5) is 0 Å². The Labute approximate surface area is 133 Å². The van der Waals surface area contributed by atoms with E-state index in [9.17, 15) is 4.79 Å². The minimum atomic E-state index is 0. The lowest BCUT2D eigenvalue weighted by molar-refractivity contribution is 0.112. The summed E-state index contributed by atoms with van der Waals surface area (Å²) in [5.41, 5.74) is 3.35. The fourth-order valence-electron chi connectivity index (χ4n) is 2.35. The predicted octanol–water partition coefficient (Wildman–Crippen LogP) is 3.99. The molecule has 0 bridgehead atoms. The summed E-state index contributed by atoms with van der Waals surface area (Å²) in [6.07, 6.45) is 3.03. The first-order valence-electron chi connectivity index (χ1n) is 7.04. The van der Waals surface area contributed by atoms with Crippen molar-refractivity contribution in [2.75, 3.05) is 13.6 Å². The van der Waals surface area contributed by atoms with Crippen LogP contribution in [-0.2, 0) is 13.0 Å². The van der Waals surface area contributed by atoms with E-state index in [1.165, 1.54) is 11.1 Å². The zero-order valence-electron chi connectivity index (χ0n) is 12.4. The summed E-state index contributed by atoms with van der Waals surface area (Å²) < 4.78 is 0. The normalized spacial score (nSPS) is 10.2. The first-order chi connectivity index (χ1) is 9.78. The molecule has 0 saturated carbocycles. The van der Waals surface area contributed by atoms with Gasteiger partial charge < -0.3 is 4.90 Å². The molecule has 21 heavy (non-hydrogen) atoms. The van der Waals surface area contributed by atoms with Crippen molar-refractivity contribution in [1.29, 1.82) is 0 Å². The smallest absolute Gasteiger partial charge is 0.150 e. The van der Waals surface area contributed by atoms with Crippen LogP contribution in [0.25, 0.3) is 0 Å². The molecule has 0 aromatic heterocycles. The number of aryl methyl sites for hydroxylation is 1. The maximum atomic E-state index is 10.7. The highest BCUT2D eigenvalue weighted by Crippen LogP contribution is 2.08. The topological polar surface area (TPSA) is 20.3 Å². The van der Waals surface area contributed by atoms with Gasteiger partial charge in [-0.05, 0) is 43.6 Å². The number of benzene rings is 2. The van der Waals surface area contributed by atoms with Crippen LogP contribution in [-0.4, -0.2) is 24.8 Å². The monoisotopic (exact) mass is 303 g/mol. The zero-order chi connectivity index (χ0) is 14.2. The summed E-state index contributed by atoms with van der Waals surface area (Å²) in [7, 11) is 2.15. The molecule has 0 atom stereocenters. The molecule has 2 rings (SSSR count). The molecule has 0 aliphatic carbocycles. The Morgan fingerprint density at radius 2 is 1.71 bits per heavy atom. The maximum absolute atomic E-state index is 10.7. The Morgan fingerprint density at radius 1 is 1.00 bits per heavy atom. The molecular formula is C18H22ClNO. The molecule has 0 aliphatic rings. The lowest BCUT2D eigenvalue weighted by atomic mass is 10.1. The van der Waals surface area contributed by atoms with Crippen LogP contribution >= 0.6 is 12.4 Å². The van der Waals surface area contributed by atoms with Crippen molar-refractivity contribution in [1.82, 2.24) is 4.90 Å². The molecular weight excluding hydrogens is 282 g/mol. The van der Waals surface area contributed by atoms with Crippen LogP contribution in [0.5, 0.6) is 0 Å². The fourth-order valence-corrected chi connectivity index (χ4v) is 2.35. The molecule has 2 aromatic carbocycles. The van der Waals surface area contributed by atoms with E-state index in [1.807, 2.05) is 24.3 Å². The van der Waals surface area contributed by atoms with Gasteiger partial charge >= 0.3 is 0 Å². The van der Waals surface area contributed by atoms with Gasteiger partial charge in [0, 0.05) is 12.1 Å². The van der Waals surface area contributed by atoms with E-state index in [-0.39, 0.29) is 12.4 Å². The van der Waals surface area contributed by atoms with Crippen molar-refractivity contribution in [2.24, 2.45) is 0 Å².